The van der Waals surface area contributed by atoms with Crippen molar-refractivity contribution in [3.05, 3.63) is 33.4 Å². The van der Waals surface area contributed by atoms with Crippen molar-refractivity contribution < 1.29 is 43.3 Å². The van der Waals surface area contributed by atoms with E-state index in [0.717, 1.165) is 9.13 Å². The highest BCUT2D eigenvalue weighted by Gasteiger charge is 2.74. The largest absolute Gasteiger partial charge is 0.460 e. The molecule has 1 aliphatic carbocycles. The number of carbonyl (C=O) groups excluding carboxylic acids is 3. The van der Waals surface area contributed by atoms with Gasteiger partial charge in [0.1, 0.15) is 42.2 Å². The van der Waals surface area contributed by atoms with Gasteiger partial charge in [-0.2, -0.15) is 5.06 Å². The molecule has 11 nitrogen and oxygen atoms in total. The van der Waals surface area contributed by atoms with Crippen LogP contribution in [-0.2, 0) is 44.7 Å². The lowest BCUT2D eigenvalue weighted by Crippen LogP contribution is -2.70. The molecule has 2 N–H and O–H groups in total. The van der Waals surface area contributed by atoms with E-state index in [1.54, 1.807) is 20.8 Å². The molecular formula is C26H33IN2O9. The van der Waals surface area contributed by atoms with Gasteiger partial charge >= 0.3 is 11.9 Å². The molecule has 4 aliphatic rings. The van der Waals surface area contributed by atoms with Gasteiger partial charge in [0.05, 0.1) is 19.2 Å². The summed E-state index contributed by atoms with van der Waals surface area (Å²) < 4.78 is 23.7. The molecule has 12 heteroatoms. The Morgan fingerprint density at radius 2 is 1.95 bits per heavy atom. The Balaban J connectivity index is 1.39. The highest BCUT2D eigenvalue weighted by molar-refractivity contribution is 14.1. The molecule has 7 atom stereocenters. The third-order valence-electron chi connectivity index (χ3n) is 7.42. The van der Waals surface area contributed by atoms with E-state index in [-0.39, 0.29) is 39.2 Å². The first-order valence-electron chi connectivity index (χ1n) is 12.8. The Hall–Kier alpha value is -1.84. The number of fused-ring (bicyclic) bond motifs is 4. The molecule has 0 radical (unpaired) electrons. The number of hydroxylamine groups is 2. The number of rotatable bonds is 8. The summed E-state index contributed by atoms with van der Waals surface area (Å²) in [5.74, 6) is -1.43. The third-order valence-corrected chi connectivity index (χ3v) is 8.14. The van der Waals surface area contributed by atoms with Gasteiger partial charge in [0.15, 0.2) is 6.04 Å². The third kappa shape index (κ3) is 5.18. The standard InChI is InChI=1S/C26H33IN2O9/c1-25(2,3)37-18(31)9-8-16(12-30)28-24(33)26-10-17-19-20(35-13-34-19)22(26)38-29(21(26)23(32)36-17)11-14-4-6-15(27)7-5-14/h4-7,16-17,19-22,30H,8-13H2,1-3H3,(H,28,33)/t16-,17+,19-,20-,21-,22+,26-/m0/s1. The summed E-state index contributed by atoms with van der Waals surface area (Å²) in [5.41, 5.74) is -1.05. The Kier molecular flexibility index (Phi) is 7.74. The van der Waals surface area contributed by atoms with Crippen LogP contribution in [0.3, 0.4) is 0 Å². The lowest BCUT2D eigenvalue weighted by molar-refractivity contribution is -0.201. The quantitative estimate of drug-likeness (QED) is 0.317. The van der Waals surface area contributed by atoms with Crippen LogP contribution in [0.4, 0.5) is 0 Å². The highest BCUT2D eigenvalue weighted by Crippen LogP contribution is 2.55. The summed E-state index contributed by atoms with van der Waals surface area (Å²) in [6.07, 6.45) is -2.21. The van der Waals surface area contributed by atoms with E-state index in [4.69, 9.17) is 23.8 Å². The zero-order valence-electron chi connectivity index (χ0n) is 21.6. The number of aliphatic hydroxyl groups is 1. The van der Waals surface area contributed by atoms with Crippen LogP contribution in [0.5, 0.6) is 0 Å². The van der Waals surface area contributed by atoms with Gasteiger partial charge < -0.3 is 29.4 Å². The summed E-state index contributed by atoms with van der Waals surface area (Å²) in [4.78, 5) is 46.0. The van der Waals surface area contributed by atoms with Crippen molar-refractivity contribution in [3.8, 4) is 0 Å². The average molecular weight is 644 g/mol. The van der Waals surface area contributed by atoms with Crippen LogP contribution in [-0.4, -0.2) is 83.5 Å². The number of aliphatic hydroxyl groups excluding tert-OH is 1. The first-order valence-corrected chi connectivity index (χ1v) is 13.8. The second-order valence-corrected chi connectivity index (χ2v) is 12.5. The van der Waals surface area contributed by atoms with E-state index in [9.17, 15) is 19.5 Å². The van der Waals surface area contributed by atoms with Crippen molar-refractivity contribution in [1.82, 2.24) is 10.4 Å². The zero-order valence-corrected chi connectivity index (χ0v) is 23.7. The molecule has 38 heavy (non-hydrogen) atoms. The molecular weight excluding hydrogens is 611 g/mol. The predicted molar refractivity (Wildman–Crippen MR) is 139 cm³/mol. The van der Waals surface area contributed by atoms with Crippen LogP contribution in [0.15, 0.2) is 24.3 Å². The number of hydrogen-bond donors (Lipinski definition) is 2. The van der Waals surface area contributed by atoms with Crippen molar-refractivity contribution in [3.63, 3.8) is 0 Å². The van der Waals surface area contributed by atoms with Crippen molar-refractivity contribution in [2.75, 3.05) is 13.4 Å². The van der Waals surface area contributed by atoms with E-state index in [2.05, 4.69) is 27.9 Å². The number of benzene rings is 1. The SMILES string of the molecule is CC(C)(C)OC(=O)CC[C@@H](CO)NC(=O)[C@@]12C[C@H]3OC(=O)[C@@H]1N(Cc1ccc(I)cc1)O[C@@H]2[C@H]1OCO[C@H]13. The number of nitrogens with one attached hydrogen (secondary N) is 1. The molecule has 1 saturated carbocycles. The number of amides is 1. The topological polar surface area (TPSA) is 133 Å². The van der Waals surface area contributed by atoms with Gasteiger partial charge in [0, 0.05) is 16.4 Å². The molecule has 5 rings (SSSR count). The van der Waals surface area contributed by atoms with Gasteiger partial charge in [0.25, 0.3) is 0 Å². The maximum absolute atomic E-state index is 14.1. The minimum atomic E-state index is -1.32. The van der Waals surface area contributed by atoms with Gasteiger partial charge in [-0.05, 0) is 67.5 Å². The van der Waals surface area contributed by atoms with Gasteiger partial charge in [-0.1, -0.05) is 12.1 Å². The maximum Gasteiger partial charge on any atom is 0.327 e. The van der Waals surface area contributed by atoms with Crippen LogP contribution in [0.1, 0.15) is 45.6 Å². The molecule has 1 aromatic carbocycles. The Morgan fingerprint density at radius 1 is 1.24 bits per heavy atom. The van der Waals surface area contributed by atoms with Crippen LogP contribution in [0.25, 0.3) is 0 Å². The molecule has 0 unspecified atom stereocenters. The lowest BCUT2D eigenvalue weighted by Gasteiger charge is -2.49. The molecule has 3 saturated heterocycles. The number of carbonyl (C=O) groups is 3. The second kappa shape index (κ2) is 10.6. The van der Waals surface area contributed by atoms with E-state index < -0.39 is 65.4 Å². The van der Waals surface area contributed by atoms with Crippen LogP contribution in [0.2, 0.25) is 0 Å². The first-order chi connectivity index (χ1) is 18.0. The lowest BCUT2D eigenvalue weighted by atomic mass is 9.62. The van der Waals surface area contributed by atoms with Crippen molar-refractivity contribution in [2.45, 2.75) is 88.7 Å². The van der Waals surface area contributed by atoms with Crippen LogP contribution in [0, 0.1) is 8.99 Å². The number of nitrogens with zero attached hydrogens (tertiary/aromatic N) is 1. The van der Waals surface area contributed by atoms with Crippen molar-refractivity contribution >= 4 is 40.4 Å². The fraction of sp³-hybridized carbons (Fsp3) is 0.654. The summed E-state index contributed by atoms with van der Waals surface area (Å²) in [5, 5.41) is 14.4. The molecule has 1 aromatic rings. The Morgan fingerprint density at radius 3 is 2.63 bits per heavy atom. The van der Waals surface area contributed by atoms with Crippen LogP contribution < -0.4 is 5.32 Å². The summed E-state index contributed by atoms with van der Waals surface area (Å²) in [6, 6.07) is 6.05. The highest BCUT2D eigenvalue weighted by atomic mass is 127. The van der Waals surface area contributed by atoms with Gasteiger partial charge in [-0.3, -0.25) is 19.2 Å². The number of ether oxygens (including phenoxy) is 4. The minimum absolute atomic E-state index is 0.0118. The number of halogens is 1. The minimum Gasteiger partial charge on any atom is -0.460 e. The Labute approximate surface area is 234 Å². The molecule has 4 fully saturated rings. The molecule has 3 heterocycles. The molecule has 208 valence electrons. The number of esters is 2. The second-order valence-electron chi connectivity index (χ2n) is 11.2. The van der Waals surface area contributed by atoms with Crippen molar-refractivity contribution in [2.24, 2.45) is 5.41 Å². The Bertz CT molecular complexity index is 1080. The molecule has 2 bridgehead atoms. The van der Waals surface area contributed by atoms with Crippen LogP contribution >= 0.6 is 22.6 Å². The van der Waals surface area contributed by atoms with E-state index in [1.807, 2.05) is 24.3 Å². The fourth-order valence-electron chi connectivity index (χ4n) is 5.82. The smallest absolute Gasteiger partial charge is 0.327 e. The zero-order chi connectivity index (χ0) is 27.2. The van der Waals surface area contributed by atoms with Gasteiger partial charge in [0.2, 0.25) is 5.91 Å². The van der Waals surface area contributed by atoms with Gasteiger partial charge in [-0.15, -0.1) is 0 Å². The predicted octanol–water partition coefficient (Wildman–Crippen LogP) is 1.43. The maximum atomic E-state index is 14.1. The summed E-state index contributed by atoms with van der Waals surface area (Å²) in [6.45, 7) is 5.21. The molecule has 1 amide bonds. The van der Waals surface area contributed by atoms with Crippen molar-refractivity contribution in [1.29, 1.82) is 0 Å². The average Bonchev–Trinajstić information content (AvgIpc) is 3.46. The monoisotopic (exact) mass is 644 g/mol. The fourth-order valence-corrected chi connectivity index (χ4v) is 6.18. The van der Waals surface area contributed by atoms with Gasteiger partial charge in [-0.25, -0.2) is 0 Å². The van der Waals surface area contributed by atoms with E-state index >= 15 is 0 Å². The van der Waals surface area contributed by atoms with E-state index in [0.29, 0.717) is 0 Å². The summed E-state index contributed by atoms with van der Waals surface area (Å²) in [7, 11) is 0. The summed E-state index contributed by atoms with van der Waals surface area (Å²) >= 11 is 2.22. The van der Waals surface area contributed by atoms with E-state index in [1.165, 1.54) is 5.06 Å². The first kappa shape index (κ1) is 27.7. The normalized spacial score (nSPS) is 32.9. The number of hydrogen-bond acceptors (Lipinski definition) is 10. The molecule has 0 aromatic heterocycles. The molecule has 3 aliphatic heterocycles. The molecule has 0 spiro atoms.